The van der Waals surface area contributed by atoms with E-state index in [0.717, 1.165) is 66.1 Å². The molecule has 0 saturated heterocycles. The van der Waals surface area contributed by atoms with Crippen LogP contribution in [0.3, 0.4) is 0 Å². The van der Waals surface area contributed by atoms with E-state index in [1.165, 1.54) is 24.3 Å². The number of hydrogen-bond donors (Lipinski definition) is 0. The standard InChI is InChI=1S/C70H34N12/c71-35-42-19-24-64(82-62-18-10-8-16-55(62)60-33-48(21-26-65(60)82)67-51(40-76)29-44(37-73)30-52(67)41-77)58(31-42)57-34-53(22-23-56(57)70-79-68(45-11-3-1-4-12-45)78-69(80-70)46-13-5-2-6-14-46)81-61-17-9-7-15-54(61)59-32-47(20-25-63(59)81)66-49(38-74)27-43(36-72)28-50(66)39-75/h1-34H. The van der Waals surface area contributed by atoms with Crippen molar-refractivity contribution in [3.05, 3.63) is 245 Å². The van der Waals surface area contributed by atoms with Gasteiger partial charge in [0, 0.05) is 60.6 Å². The van der Waals surface area contributed by atoms with Gasteiger partial charge in [0.05, 0.1) is 109 Å². The molecule has 374 valence electrons. The number of hydrogen-bond acceptors (Lipinski definition) is 10. The van der Waals surface area contributed by atoms with E-state index in [-0.39, 0.29) is 33.4 Å². The summed E-state index contributed by atoms with van der Waals surface area (Å²) in [5.41, 5.74) is 12.3. The molecule has 0 saturated carbocycles. The first-order valence-electron chi connectivity index (χ1n) is 25.7. The average molecular weight is 1040 g/mol. The van der Waals surface area contributed by atoms with E-state index < -0.39 is 0 Å². The molecule has 0 fully saturated rings. The summed E-state index contributed by atoms with van der Waals surface area (Å²) in [6, 6.07) is 80.4. The fourth-order valence-corrected chi connectivity index (χ4v) is 11.2. The zero-order valence-electron chi connectivity index (χ0n) is 43.0. The van der Waals surface area contributed by atoms with Gasteiger partial charge in [0.2, 0.25) is 0 Å². The predicted octanol–water partition coefficient (Wildman–Crippen LogP) is 15.2. The maximum absolute atomic E-state index is 10.8. The number of rotatable bonds is 8. The topological polar surface area (TPSA) is 215 Å². The molecule has 12 heteroatoms. The Kier molecular flexibility index (Phi) is 11.9. The minimum absolute atomic E-state index is 0.209. The average Bonchev–Trinajstić information content (AvgIpc) is 4.06. The molecule has 13 rings (SSSR count). The van der Waals surface area contributed by atoms with Crippen LogP contribution >= 0.6 is 0 Å². The Balaban J connectivity index is 1.10. The van der Waals surface area contributed by atoms with Gasteiger partial charge in [-0.05, 0) is 114 Å². The molecule has 0 aliphatic heterocycles. The van der Waals surface area contributed by atoms with Gasteiger partial charge in [0.15, 0.2) is 17.5 Å². The van der Waals surface area contributed by atoms with E-state index in [9.17, 15) is 36.8 Å². The maximum Gasteiger partial charge on any atom is 0.164 e. The number of para-hydroxylation sites is 2. The highest BCUT2D eigenvalue weighted by atomic mass is 15.0. The van der Waals surface area contributed by atoms with Crippen LogP contribution in [0.4, 0.5) is 0 Å². The molecule has 3 aromatic heterocycles. The maximum atomic E-state index is 10.8. The minimum atomic E-state index is 0.209. The van der Waals surface area contributed by atoms with Crippen LogP contribution in [0.15, 0.2) is 206 Å². The van der Waals surface area contributed by atoms with Crippen molar-refractivity contribution < 1.29 is 0 Å². The highest BCUT2D eigenvalue weighted by Crippen LogP contribution is 2.44. The number of aromatic nitrogens is 5. The van der Waals surface area contributed by atoms with Crippen LogP contribution in [0.25, 0.3) is 123 Å². The summed E-state index contributed by atoms with van der Waals surface area (Å²) in [5, 5.41) is 75.1. The van der Waals surface area contributed by atoms with Crippen LogP contribution < -0.4 is 0 Å². The van der Waals surface area contributed by atoms with Gasteiger partial charge in [-0.15, -0.1) is 0 Å². The third-order valence-corrected chi connectivity index (χ3v) is 14.8. The number of benzene rings is 10. The molecular weight excluding hydrogens is 1010 g/mol. The van der Waals surface area contributed by atoms with E-state index in [1.54, 1.807) is 6.07 Å². The first kappa shape index (κ1) is 48.9. The first-order chi connectivity index (χ1) is 40.3. The molecule has 0 aliphatic rings. The van der Waals surface area contributed by atoms with E-state index >= 15 is 0 Å². The summed E-state index contributed by atoms with van der Waals surface area (Å²) < 4.78 is 4.32. The second kappa shape index (κ2) is 20.0. The Morgan fingerprint density at radius 2 is 0.720 bits per heavy atom. The second-order valence-corrected chi connectivity index (χ2v) is 19.3. The zero-order valence-corrected chi connectivity index (χ0v) is 43.0. The summed E-state index contributed by atoms with van der Waals surface area (Å²) in [7, 11) is 0. The predicted molar refractivity (Wildman–Crippen MR) is 314 cm³/mol. The molecule has 0 spiro atoms. The van der Waals surface area contributed by atoms with Gasteiger partial charge in [-0.3, -0.25) is 0 Å². The lowest BCUT2D eigenvalue weighted by Gasteiger charge is -2.19. The second-order valence-electron chi connectivity index (χ2n) is 19.3. The van der Waals surface area contributed by atoms with Crippen LogP contribution in [-0.2, 0) is 0 Å². The molecule has 0 aliphatic carbocycles. The van der Waals surface area contributed by atoms with E-state index in [4.69, 9.17) is 15.0 Å². The Morgan fingerprint density at radius 1 is 0.280 bits per heavy atom. The van der Waals surface area contributed by atoms with Crippen LogP contribution in [0.1, 0.15) is 38.9 Å². The minimum Gasteiger partial charge on any atom is -0.309 e. The number of nitrogens with zero attached hydrogens (tertiary/aromatic N) is 12. The first-order valence-corrected chi connectivity index (χ1v) is 25.7. The lowest BCUT2D eigenvalue weighted by Crippen LogP contribution is -2.04. The van der Waals surface area contributed by atoms with Crippen molar-refractivity contribution in [3.8, 4) is 121 Å². The van der Waals surface area contributed by atoms with Crippen LogP contribution in [0, 0.1) is 79.3 Å². The summed E-state index contributed by atoms with van der Waals surface area (Å²) >= 11 is 0. The van der Waals surface area contributed by atoms with Gasteiger partial charge in [-0.25, -0.2) is 15.0 Å². The smallest absolute Gasteiger partial charge is 0.164 e. The molecule has 13 aromatic rings. The van der Waals surface area contributed by atoms with Crippen molar-refractivity contribution in [2.45, 2.75) is 0 Å². The van der Waals surface area contributed by atoms with Gasteiger partial charge >= 0.3 is 0 Å². The van der Waals surface area contributed by atoms with Gasteiger partial charge in [-0.1, -0.05) is 109 Å². The highest BCUT2D eigenvalue weighted by Gasteiger charge is 2.25. The zero-order chi connectivity index (χ0) is 56.0. The Bertz CT molecular complexity index is 5070. The molecule has 0 unspecified atom stereocenters. The van der Waals surface area contributed by atoms with Crippen molar-refractivity contribution >= 4 is 43.6 Å². The summed E-state index contributed by atoms with van der Waals surface area (Å²) in [4.78, 5) is 15.5. The summed E-state index contributed by atoms with van der Waals surface area (Å²) in [5.74, 6) is 1.31. The largest absolute Gasteiger partial charge is 0.309 e. The number of nitriles is 7. The van der Waals surface area contributed by atoms with Crippen molar-refractivity contribution in [3.63, 3.8) is 0 Å². The third-order valence-electron chi connectivity index (χ3n) is 14.8. The Labute approximate surface area is 468 Å². The van der Waals surface area contributed by atoms with E-state index in [0.29, 0.717) is 62.0 Å². The molecular formula is C70H34N12. The van der Waals surface area contributed by atoms with Crippen LogP contribution in [-0.4, -0.2) is 24.1 Å². The molecule has 12 nitrogen and oxygen atoms in total. The Morgan fingerprint density at radius 3 is 1.21 bits per heavy atom. The molecule has 0 bridgehead atoms. The molecule has 0 radical (unpaired) electrons. The lowest BCUT2D eigenvalue weighted by molar-refractivity contribution is 1.07. The molecule has 82 heavy (non-hydrogen) atoms. The quantitative estimate of drug-likeness (QED) is 0.140. The lowest BCUT2D eigenvalue weighted by atomic mass is 9.92. The molecule has 3 heterocycles. The monoisotopic (exact) mass is 1040 g/mol. The fourth-order valence-electron chi connectivity index (χ4n) is 11.2. The van der Waals surface area contributed by atoms with Crippen molar-refractivity contribution in [1.29, 1.82) is 36.8 Å². The van der Waals surface area contributed by atoms with Gasteiger partial charge in [-0.2, -0.15) is 36.8 Å². The molecule has 0 amide bonds. The Hall–Kier alpha value is -12.8. The van der Waals surface area contributed by atoms with E-state index in [1.807, 2.05) is 170 Å². The van der Waals surface area contributed by atoms with Crippen LogP contribution in [0.2, 0.25) is 0 Å². The highest BCUT2D eigenvalue weighted by molar-refractivity contribution is 6.13. The van der Waals surface area contributed by atoms with Gasteiger partial charge in [0.25, 0.3) is 0 Å². The van der Waals surface area contributed by atoms with E-state index in [2.05, 4.69) is 57.7 Å². The summed E-state index contributed by atoms with van der Waals surface area (Å²) in [6.07, 6.45) is 0. The molecule has 0 N–H and O–H groups in total. The SMILES string of the molecule is N#Cc1cc(C#N)c(-c2ccc3c(c2)c2ccccc2n3-c2ccc(-c3nc(-c4ccccc4)nc(-c4ccccc4)n3)c(-c3cc(C#N)ccc3-n3c4ccccc4c4cc(-c5c(C#N)cc(C#N)cc5C#N)ccc43)c2)c(C#N)c1. The normalized spacial score (nSPS) is 10.8. The number of fused-ring (bicyclic) bond motifs is 6. The summed E-state index contributed by atoms with van der Waals surface area (Å²) in [6.45, 7) is 0. The molecule has 0 atom stereocenters. The fraction of sp³-hybridized carbons (Fsp3) is 0. The van der Waals surface area contributed by atoms with Crippen molar-refractivity contribution in [2.24, 2.45) is 0 Å². The van der Waals surface area contributed by atoms with Crippen molar-refractivity contribution in [2.75, 3.05) is 0 Å². The van der Waals surface area contributed by atoms with Crippen molar-refractivity contribution in [1.82, 2.24) is 24.1 Å². The third kappa shape index (κ3) is 8.07. The molecule has 10 aromatic carbocycles. The van der Waals surface area contributed by atoms with Gasteiger partial charge < -0.3 is 9.13 Å². The van der Waals surface area contributed by atoms with Crippen LogP contribution in [0.5, 0.6) is 0 Å². The van der Waals surface area contributed by atoms with Gasteiger partial charge in [0.1, 0.15) is 0 Å².